The van der Waals surface area contributed by atoms with Crippen LogP contribution in [0.5, 0.6) is 0 Å². The molecule has 0 radical (unpaired) electrons. The average Bonchev–Trinajstić information content (AvgIpc) is 2.34. The highest BCUT2D eigenvalue weighted by Crippen LogP contribution is 2.20. The SMILES string of the molecule is COCCNC(C)C(C)Cc1ccc(F)c(Br)c1. The van der Waals surface area contributed by atoms with Gasteiger partial charge in [0.25, 0.3) is 0 Å². The zero-order valence-electron chi connectivity index (χ0n) is 11.2. The summed E-state index contributed by atoms with van der Waals surface area (Å²) in [6.45, 7) is 5.94. The molecule has 1 aromatic carbocycles. The molecule has 2 atom stereocenters. The van der Waals surface area contributed by atoms with E-state index in [9.17, 15) is 4.39 Å². The van der Waals surface area contributed by atoms with Crippen molar-refractivity contribution in [2.24, 2.45) is 5.92 Å². The van der Waals surface area contributed by atoms with Crippen LogP contribution >= 0.6 is 15.9 Å². The second-order valence-electron chi connectivity index (χ2n) is 4.67. The van der Waals surface area contributed by atoms with Crippen LogP contribution in [0, 0.1) is 11.7 Å². The standard InChI is InChI=1S/C14H21BrFNO/c1-10(11(2)17-6-7-18-3)8-12-4-5-14(16)13(15)9-12/h4-5,9-11,17H,6-8H2,1-3H3. The van der Waals surface area contributed by atoms with Gasteiger partial charge in [0.1, 0.15) is 5.82 Å². The van der Waals surface area contributed by atoms with Gasteiger partial charge in [0.15, 0.2) is 0 Å². The van der Waals surface area contributed by atoms with Gasteiger partial charge >= 0.3 is 0 Å². The molecule has 0 saturated heterocycles. The molecule has 0 saturated carbocycles. The molecule has 18 heavy (non-hydrogen) atoms. The largest absolute Gasteiger partial charge is 0.383 e. The highest BCUT2D eigenvalue weighted by Gasteiger charge is 2.12. The van der Waals surface area contributed by atoms with Gasteiger partial charge in [-0.05, 0) is 52.9 Å². The molecule has 1 N–H and O–H groups in total. The second-order valence-corrected chi connectivity index (χ2v) is 5.52. The zero-order chi connectivity index (χ0) is 13.5. The third kappa shape index (κ3) is 5.04. The van der Waals surface area contributed by atoms with Gasteiger partial charge in [-0.3, -0.25) is 0 Å². The van der Waals surface area contributed by atoms with Crippen LogP contribution in [0.3, 0.4) is 0 Å². The van der Waals surface area contributed by atoms with Crippen molar-refractivity contribution in [3.8, 4) is 0 Å². The molecule has 1 rings (SSSR count). The Morgan fingerprint density at radius 3 is 2.72 bits per heavy atom. The molecule has 0 aliphatic heterocycles. The number of hydrogen-bond donors (Lipinski definition) is 1. The summed E-state index contributed by atoms with van der Waals surface area (Å²) in [6.07, 6.45) is 0.931. The third-order valence-corrected chi connectivity index (χ3v) is 3.78. The first kappa shape index (κ1) is 15.6. The van der Waals surface area contributed by atoms with E-state index in [0.717, 1.165) is 25.1 Å². The van der Waals surface area contributed by atoms with E-state index in [1.54, 1.807) is 7.11 Å². The number of benzene rings is 1. The molecule has 0 aliphatic rings. The van der Waals surface area contributed by atoms with Crippen LogP contribution < -0.4 is 5.32 Å². The summed E-state index contributed by atoms with van der Waals surface area (Å²) in [7, 11) is 1.70. The zero-order valence-corrected chi connectivity index (χ0v) is 12.8. The molecule has 0 aromatic heterocycles. The van der Waals surface area contributed by atoms with Crippen molar-refractivity contribution in [3.05, 3.63) is 34.1 Å². The molecule has 2 unspecified atom stereocenters. The lowest BCUT2D eigenvalue weighted by molar-refractivity contribution is 0.192. The minimum absolute atomic E-state index is 0.210. The number of hydrogen-bond acceptors (Lipinski definition) is 2. The Kier molecular flexibility index (Phi) is 6.82. The highest BCUT2D eigenvalue weighted by molar-refractivity contribution is 9.10. The van der Waals surface area contributed by atoms with Gasteiger partial charge < -0.3 is 10.1 Å². The van der Waals surface area contributed by atoms with Crippen LogP contribution in [0.1, 0.15) is 19.4 Å². The fraction of sp³-hybridized carbons (Fsp3) is 0.571. The van der Waals surface area contributed by atoms with Gasteiger partial charge in [0.05, 0.1) is 11.1 Å². The fourth-order valence-electron chi connectivity index (χ4n) is 1.81. The lowest BCUT2D eigenvalue weighted by Crippen LogP contribution is -2.35. The minimum atomic E-state index is -0.210. The van der Waals surface area contributed by atoms with E-state index in [1.807, 2.05) is 12.1 Å². The Bertz CT molecular complexity index is 373. The quantitative estimate of drug-likeness (QED) is 0.778. The smallest absolute Gasteiger partial charge is 0.137 e. The maximum absolute atomic E-state index is 13.1. The second kappa shape index (κ2) is 7.87. The van der Waals surface area contributed by atoms with Gasteiger partial charge in [-0.2, -0.15) is 0 Å². The predicted molar refractivity (Wildman–Crippen MR) is 76.3 cm³/mol. The van der Waals surface area contributed by atoms with Gasteiger partial charge in [0, 0.05) is 19.7 Å². The summed E-state index contributed by atoms with van der Waals surface area (Å²) in [6, 6.07) is 5.62. The lowest BCUT2D eigenvalue weighted by atomic mass is 9.95. The highest BCUT2D eigenvalue weighted by atomic mass is 79.9. The lowest BCUT2D eigenvalue weighted by Gasteiger charge is -2.21. The van der Waals surface area contributed by atoms with E-state index in [-0.39, 0.29) is 5.82 Å². The molecule has 0 aliphatic carbocycles. The van der Waals surface area contributed by atoms with Crippen molar-refractivity contribution in [3.63, 3.8) is 0 Å². The summed E-state index contributed by atoms with van der Waals surface area (Å²) < 4.78 is 18.7. The molecule has 0 bridgehead atoms. The number of methoxy groups -OCH3 is 1. The molecule has 0 amide bonds. The summed E-state index contributed by atoms with van der Waals surface area (Å²) in [4.78, 5) is 0. The summed E-state index contributed by atoms with van der Waals surface area (Å²) in [5.74, 6) is 0.275. The first-order valence-corrected chi connectivity index (χ1v) is 7.00. The van der Waals surface area contributed by atoms with Crippen LogP contribution in [0.15, 0.2) is 22.7 Å². The van der Waals surface area contributed by atoms with Gasteiger partial charge in [-0.1, -0.05) is 13.0 Å². The van der Waals surface area contributed by atoms with E-state index in [4.69, 9.17) is 4.74 Å². The molecule has 102 valence electrons. The van der Waals surface area contributed by atoms with Crippen LogP contribution in [0.25, 0.3) is 0 Å². The van der Waals surface area contributed by atoms with Crippen molar-refractivity contribution in [2.75, 3.05) is 20.3 Å². The number of ether oxygens (including phenoxy) is 1. The molecular formula is C14H21BrFNO. The first-order chi connectivity index (χ1) is 8.54. The minimum Gasteiger partial charge on any atom is -0.383 e. The van der Waals surface area contributed by atoms with Crippen LogP contribution in [0.4, 0.5) is 4.39 Å². The molecular weight excluding hydrogens is 297 g/mol. The van der Waals surface area contributed by atoms with Gasteiger partial charge in [-0.15, -0.1) is 0 Å². The maximum Gasteiger partial charge on any atom is 0.137 e. The van der Waals surface area contributed by atoms with E-state index >= 15 is 0 Å². The third-order valence-electron chi connectivity index (χ3n) is 3.17. The van der Waals surface area contributed by atoms with Gasteiger partial charge in [-0.25, -0.2) is 4.39 Å². The van der Waals surface area contributed by atoms with Crippen molar-refractivity contribution in [1.29, 1.82) is 0 Å². The normalized spacial score (nSPS) is 14.5. The number of halogens is 2. The van der Waals surface area contributed by atoms with Crippen LogP contribution in [-0.2, 0) is 11.2 Å². The summed E-state index contributed by atoms with van der Waals surface area (Å²) in [5, 5.41) is 3.42. The van der Waals surface area contributed by atoms with Crippen molar-refractivity contribution < 1.29 is 9.13 Å². The number of rotatable bonds is 7. The van der Waals surface area contributed by atoms with Crippen molar-refractivity contribution in [2.45, 2.75) is 26.3 Å². The van der Waals surface area contributed by atoms with E-state index in [2.05, 4.69) is 35.1 Å². The molecule has 0 heterocycles. The molecule has 1 aromatic rings. The number of nitrogens with one attached hydrogen (secondary N) is 1. The summed E-state index contributed by atoms with van der Waals surface area (Å²) in [5.41, 5.74) is 1.15. The first-order valence-electron chi connectivity index (χ1n) is 6.20. The van der Waals surface area contributed by atoms with E-state index in [0.29, 0.717) is 16.4 Å². The van der Waals surface area contributed by atoms with E-state index < -0.39 is 0 Å². The van der Waals surface area contributed by atoms with E-state index in [1.165, 1.54) is 6.07 Å². The van der Waals surface area contributed by atoms with Crippen molar-refractivity contribution >= 4 is 15.9 Å². The molecule has 4 heteroatoms. The molecule has 0 spiro atoms. The Labute approximate surface area is 117 Å². The van der Waals surface area contributed by atoms with Crippen molar-refractivity contribution in [1.82, 2.24) is 5.32 Å². The Morgan fingerprint density at radius 1 is 1.39 bits per heavy atom. The van der Waals surface area contributed by atoms with Gasteiger partial charge in [0.2, 0.25) is 0 Å². The fourth-order valence-corrected chi connectivity index (χ4v) is 2.23. The summed E-state index contributed by atoms with van der Waals surface area (Å²) >= 11 is 3.22. The monoisotopic (exact) mass is 317 g/mol. The predicted octanol–water partition coefficient (Wildman–Crippen LogP) is 3.39. The van der Waals surface area contributed by atoms with Crippen LogP contribution in [0.2, 0.25) is 0 Å². The molecule has 2 nitrogen and oxygen atoms in total. The maximum atomic E-state index is 13.1. The molecule has 0 fully saturated rings. The Morgan fingerprint density at radius 2 is 2.11 bits per heavy atom. The topological polar surface area (TPSA) is 21.3 Å². The Hall–Kier alpha value is -0.450. The Balaban J connectivity index is 2.47. The average molecular weight is 318 g/mol. The van der Waals surface area contributed by atoms with Crippen LogP contribution in [-0.4, -0.2) is 26.3 Å².